The van der Waals surface area contributed by atoms with Crippen LogP contribution in [-0.4, -0.2) is 0 Å². The van der Waals surface area contributed by atoms with E-state index in [-0.39, 0.29) is 0 Å². The molecule has 13 rings (SSSR count). The highest BCUT2D eigenvalue weighted by Crippen LogP contribution is 2.49. The number of para-hydroxylation sites is 2. The third kappa shape index (κ3) is 6.67. The van der Waals surface area contributed by atoms with Gasteiger partial charge < -0.3 is 13.7 Å². The van der Waals surface area contributed by atoms with Crippen molar-refractivity contribution in [3.05, 3.63) is 249 Å². The SMILES string of the molecule is c1ccc(-c2ccc(N(c3ccc(-c4cccc5c4oc4ccccc45)cc3)c3ccc4oc5c6ccccc6ccc5c4c3-c3cccc(-c4cccc(-c5ccccc5)c4)c3)cc2)cc1. The van der Waals surface area contributed by atoms with E-state index >= 15 is 0 Å². The second-order valence-corrected chi connectivity index (χ2v) is 17.2. The van der Waals surface area contributed by atoms with Crippen LogP contribution in [0.5, 0.6) is 0 Å². The highest BCUT2D eigenvalue weighted by molar-refractivity contribution is 6.21. The fourth-order valence-electron chi connectivity index (χ4n) is 10.1. The molecule has 67 heavy (non-hydrogen) atoms. The Morgan fingerprint density at radius 3 is 1.54 bits per heavy atom. The van der Waals surface area contributed by atoms with Gasteiger partial charge in [0, 0.05) is 49.4 Å². The Kier molecular flexibility index (Phi) is 9.17. The Morgan fingerprint density at radius 2 is 0.806 bits per heavy atom. The smallest absolute Gasteiger partial charge is 0.143 e. The lowest BCUT2D eigenvalue weighted by Gasteiger charge is -2.29. The predicted octanol–water partition coefficient (Wildman–Crippen LogP) is 18.4. The quantitative estimate of drug-likeness (QED) is 0.152. The molecule has 13 aromatic rings. The van der Waals surface area contributed by atoms with Gasteiger partial charge in [0.25, 0.3) is 0 Å². The van der Waals surface area contributed by atoms with E-state index < -0.39 is 0 Å². The number of anilines is 3. The zero-order valence-corrected chi connectivity index (χ0v) is 36.4. The zero-order chi connectivity index (χ0) is 44.3. The Balaban J connectivity index is 1.03. The maximum absolute atomic E-state index is 6.91. The minimum atomic E-state index is 0.843. The van der Waals surface area contributed by atoms with Gasteiger partial charge in [-0.15, -0.1) is 0 Å². The van der Waals surface area contributed by atoms with Crippen LogP contribution in [0.2, 0.25) is 0 Å². The van der Waals surface area contributed by atoms with Gasteiger partial charge in [0.15, 0.2) is 0 Å². The minimum Gasteiger partial charge on any atom is -0.455 e. The third-order valence-electron chi connectivity index (χ3n) is 13.3. The number of hydrogen-bond donors (Lipinski definition) is 0. The van der Waals surface area contributed by atoms with Crippen molar-refractivity contribution < 1.29 is 8.83 Å². The first-order chi connectivity index (χ1) is 33.2. The second-order valence-electron chi connectivity index (χ2n) is 17.2. The Morgan fingerprint density at radius 1 is 0.284 bits per heavy atom. The number of rotatable bonds is 8. The van der Waals surface area contributed by atoms with Gasteiger partial charge in [-0.25, -0.2) is 0 Å². The summed E-state index contributed by atoms with van der Waals surface area (Å²) in [6.45, 7) is 0. The number of benzene rings is 11. The van der Waals surface area contributed by atoms with Crippen molar-refractivity contribution in [2.45, 2.75) is 0 Å². The van der Waals surface area contributed by atoms with E-state index in [0.29, 0.717) is 0 Å². The summed E-state index contributed by atoms with van der Waals surface area (Å²) in [7, 11) is 0. The van der Waals surface area contributed by atoms with Crippen molar-refractivity contribution in [2.24, 2.45) is 0 Å². The molecule has 0 fully saturated rings. The molecule has 0 amide bonds. The van der Waals surface area contributed by atoms with E-state index in [1.54, 1.807) is 0 Å². The number of furan rings is 2. The van der Waals surface area contributed by atoms with Crippen molar-refractivity contribution in [2.75, 3.05) is 4.90 Å². The Hall–Kier alpha value is -8.92. The summed E-state index contributed by atoms with van der Waals surface area (Å²) in [5.74, 6) is 0. The maximum atomic E-state index is 6.91. The fourth-order valence-corrected chi connectivity index (χ4v) is 10.1. The van der Waals surface area contributed by atoms with E-state index in [4.69, 9.17) is 8.83 Å². The van der Waals surface area contributed by atoms with Crippen molar-refractivity contribution in [1.29, 1.82) is 0 Å². The van der Waals surface area contributed by atoms with Crippen LogP contribution in [0.3, 0.4) is 0 Å². The third-order valence-corrected chi connectivity index (χ3v) is 13.3. The highest BCUT2D eigenvalue weighted by atomic mass is 16.3. The standard InChI is InChI=1S/C64H41NO2/c1-3-14-42(15-4-1)44-28-33-51(34-29-44)65(52-35-30-46(31-36-52)54-25-13-26-56-55-24-9-10-27-59(55)66-63(54)56)58-38-39-60-62(57-37-32-45-18-7-8-23-53(45)64(57)67-60)61(58)50-22-12-21-49(41-50)48-20-11-19-47(40-48)43-16-5-2-6-17-43/h1-41H. The Bertz CT molecular complexity index is 3960. The summed E-state index contributed by atoms with van der Waals surface area (Å²) >= 11 is 0. The predicted molar refractivity (Wildman–Crippen MR) is 280 cm³/mol. The summed E-state index contributed by atoms with van der Waals surface area (Å²) in [5.41, 5.74) is 18.0. The molecular formula is C64H41NO2. The molecular weight excluding hydrogens is 815 g/mol. The van der Waals surface area contributed by atoms with Gasteiger partial charge >= 0.3 is 0 Å². The second kappa shape index (κ2) is 16.0. The van der Waals surface area contributed by atoms with Gasteiger partial charge in [-0.2, -0.15) is 0 Å². The largest absolute Gasteiger partial charge is 0.455 e. The van der Waals surface area contributed by atoms with E-state index in [2.05, 4.69) is 241 Å². The lowest BCUT2D eigenvalue weighted by Crippen LogP contribution is -2.11. The first kappa shape index (κ1) is 38.5. The zero-order valence-electron chi connectivity index (χ0n) is 36.4. The molecule has 0 unspecified atom stereocenters. The molecule has 0 saturated carbocycles. The van der Waals surface area contributed by atoms with Crippen LogP contribution < -0.4 is 4.90 Å². The van der Waals surface area contributed by atoms with Gasteiger partial charge in [-0.05, 0) is 111 Å². The summed E-state index contributed by atoms with van der Waals surface area (Å²) in [5, 5.41) is 6.64. The lowest BCUT2D eigenvalue weighted by molar-refractivity contribution is 0.670. The van der Waals surface area contributed by atoms with Crippen LogP contribution in [0.1, 0.15) is 0 Å². The van der Waals surface area contributed by atoms with Gasteiger partial charge in [0.05, 0.1) is 5.69 Å². The molecule has 314 valence electrons. The number of hydrogen-bond acceptors (Lipinski definition) is 3. The summed E-state index contributed by atoms with van der Waals surface area (Å²) in [6, 6.07) is 88.9. The van der Waals surface area contributed by atoms with Crippen LogP contribution >= 0.6 is 0 Å². The molecule has 2 aromatic heterocycles. The van der Waals surface area contributed by atoms with Crippen LogP contribution in [0.15, 0.2) is 258 Å². The molecule has 0 aliphatic carbocycles. The number of nitrogens with zero attached hydrogens (tertiary/aromatic N) is 1. The normalized spacial score (nSPS) is 11.6. The van der Waals surface area contributed by atoms with Crippen molar-refractivity contribution >= 4 is 71.7 Å². The molecule has 3 nitrogen and oxygen atoms in total. The van der Waals surface area contributed by atoms with Gasteiger partial charge in [-0.1, -0.05) is 188 Å². The summed E-state index contributed by atoms with van der Waals surface area (Å²) in [6.07, 6.45) is 0. The lowest BCUT2D eigenvalue weighted by atomic mass is 9.92. The van der Waals surface area contributed by atoms with Gasteiger partial charge in [0.1, 0.15) is 22.3 Å². The molecule has 0 aliphatic heterocycles. The van der Waals surface area contributed by atoms with Crippen LogP contribution in [0.25, 0.3) is 110 Å². The maximum Gasteiger partial charge on any atom is 0.143 e. The molecule has 0 radical (unpaired) electrons. The van der Waals surface area contributed by atoms with Crippen LogP contribution in [-0.2, 0) is 0 Å². The highest BCUT2D eigenvalue weighted by Gasteiger charge is 2.24. The fraction of sp³-hybridized carbons (Fsp3) is 0. The molecule has 0 saturated heterocycles. The van der Waals surface area contributed by atoms with E-state index in [1.165, 1.54) is 16.7 Å². The number of fused-ring (bicyclic) bond motifs is 8. The molecule has 0 N–H and O–H groups in total. The first-order valence-corrected chi connectivity index (χ1v) is 22.8. The molecule has 11 aromatic carbocycles. The van der Waals surface area contributed by atoms with E-state index in [1.807, 2.05) is 12.1 Å². The van der Waals surface area contributed by atoms with Gasteiger partial charge in [0.2, 0.25) is 0 Å². The Labute approximate surface area is 388 Å². The van der Waals surface area contributed by atoms with Crippen molar-refractivity contribution in [3.8, 4) is 55.6 Å². The van der Waals surface area contributed by atoms with Crippen molar-refractivity contribution in [1.82, 2.24) is 0 Å². The van der Waals surface area contributed by atoms with Gasteiger partial charge in [-0.3, -0.25) is 0 Å². The average Bonchev–Trinajstić information content (AvgIpc) is 3.99. The molecule has 0 aliphatic rings. The van der Waals surface area contributed by atoms with Crippen LogP contribution in [0, 0.1) is 0 Å². The average molecular weight is 856 g/mol. The molecule has 0 bridgehead atoms. The topological polar surface area (TPSA) is 29.5 Å². The molecule has 2 heterocycles. The molecule has 3 heteroatoms. The molecule has 0 atom stereocenters. The first-order valence-electron chi connectivity index (χ1n) is 22.8. The van der Waals surface area contributed by atoms with E-state index in [0.717, 1.165) is 111 Å². The molecule has 0 spiro atoms. The van der Waals surface area contributed by atoms with Crippen molar-refractivity contribution in [3.63, 3.8) is 0 Å². The van der Waals surface area contributed by atoms with E-state index in [9.17, 15) is 0 Å². The summed E-state index contributed by atoms with van der Waals surface area (Å²) in [4.78, 5) is 2.40. The minimum absolute atomic E-state index is 0.843. The van der Waals surface area contributed by atoms with Crippen LogP contribution in [0.4, 0.5) is 17.1 Å². The monoisotopic (exact) mass is 855 g/mol. The summed E-state index contributed by atoms with van der Waals surface area (Å²) < 4.78 is 13.4.